The van der Waals surface area contributed by atoms with Crippen molar-refractivity contribution in [3.05, 3.63) is 64.5 Å². The average Bonchev–Trinajstić information content (AvgIpc) is 3.04. The summed E-state index contributed by atoms with van der Waals surface area (Å²) < 4.78 is 0. The first kappa shape index (κ1) is 14.2. The van der Waals surface area contributed by atoms with E-state index in [1.54, 1.807) is 0 Å². The lowest BCUT2D eigenvalue weighted by atomic mass is 9.99. The highest BCUT2D eigenvalue weighted by Crippen LogP contribution is 2.23. The number of nitrogens with one attached hydrogen (secondary N) is 1. The van der Waals surface area contributed by atoms with Crippen molar-refractivity contribution in [2.45, 2.75) is 25.3 Å². The maximum Gasteiger partial charge on any atom is 0.0702 e. The van der Waals surface area contributed by atoms with Gasteiger partial charge in [0.2, 0.25) is 0 Å². The number of nitrogens with zero attached hydrogens (tertiary/aromatic N) is 1. The highest BCUT2D eigenvalue weighted by molar-refractivity contribution is 7.09. The van der Waals surface area contributed by atoms with Crippen molar-refractivity contribution in [1.82, 2.24) is 10.3 Å². The van der Waals surface area contributed by atoms with E-state index in [0.29, 0.717) is 6.04 Å². The Morgan fingerprint density at radius 3 is 2.95 bits per heavy atom. The standard InChI is InChI=1S/C18H20N2S/c1-19-17(8-2-6-16-7-4-12-21-16)15-9-10-18-14(13-15)5-3-11-20-18/h3-5,7,9-13,17,19H,2,6,8H2,1H3. The molecule has 1 aromatic carbocycles. The van der Waals surface area contributed by atoms with Gasteiger partial charge in [-0.1, -0.05) is 18.2 Å². The fraction of sp³-hybridized carbons (Fsp3) is 0.278. The number of fused-ring (bicyclic) bond motifs is 1. The summed E-state index contributed by atoms with van der Waals surface area (Å²) in [5, 5.41) is 6.82. The van der Waals surface area contributed by atoms with Crippen LogP contribution in [-0.4, -0.2) is 12.0 Å². The molecule has 21 heavy (non-hydrogen) atoms. The smallest absolute Gasteiger partial charge is 0.0702 e. The maximum atomic E-state index is 4.38. The number of thiophene rings is 1. The minimum atomic E-state index is 0.412. The summed E-state index contributed by atoms with van der Waals surface area (Å²) in [7, 11) is 2.04. The molecule has 0 aliphatic carbocycles. The van der Waals surface area contributed by atoms with Crippen LogP contribution in [0.25, 0.3) is 10.9 Å². The van der Waals surface area contributed by atoms with Gasteiger partial charge in [-0.25, -0.2) is 0 Å². The lowest BCUT2D eigenvalue weighted by Crippen LogP contribution is -2.16. The number of aryl methyl sites for hydroxylation is 1. The molecule has 0 fully saturated rings. The zero-order valence-corrected chi connectivity index (χ0v) is 13.1. The van der Waals surface area contributed by atoms with E-state index in [9.17, 15) is 0 Å². The van der Waals surface area contributed by atoms with E-state index in [0.717, 1.165) is 11.9 Å². The van der Waals surface area contributed by atoms with Gasteiger partial charge in [0.05, 0.1) is 5.52 Å². The van der Waals surface area contributed by atoms with E-state index >= 15 is 0 Å². The molecule has 108 valence electrons. The fourth-order valence-electron chi connectivity index (χ4n) is 2.72. The second-order valence-corrected chi connectivity index (χ2v) is 6.30. The van der Waals surface area contributed by atoms with Crippen LogP contribution in [0.3, 0.4) is 0 Å². The molecule has 2 aromatic heterocycles. The second-order valence-electron chi connectivity index (χ2n) is 5.27. The molecule has 3 rings (SSSR count). The molecule has 0 saturated heterocycles. The average molecular weight is 296 g/mol. The largest absolute Gasteiger partial charge is 0.313 e. The molecule has 1 unspecified atom stereocenters. The first-order valence-electron chi connectivity index (χ1n) is 7.41. The third kappa shape index (κ3) is 3.49. The van der Waals surface area contributed by atoms with Gasteiger partial charge in [-0.2, -0.15) is 0 Å². The first-order chi connectivity index (χ1) is 10.4. The zero-order valence-electron chi connectivity index (χ0n) is 12.3. The highest BCUT2D eigenvalue weighted by Gasteiger charge is 2.10. The molecule has 0 amide bonds. The van der Waals surface area contributed by atoms with E-state index in [1.165, 1.54) is 28.7 Å². The Morgan fingerprint density at radius 2 is 2.14 bits per heavy atom. The van der Waals surface area contributed by atoms with Gasteiger partial charge in [0.15, 0.2) is 0 Å². The molecule has 0 spiro atoms. The Labute approximate surface area is 129 Å². The predicted molar refractivity (Wildman–Crippen MR) is 90.8 cm³/mol. The Morgan fingerprint density at radius 1 is 1.19 bits per heavy atom. The van der Waals surface area contributed by atoms with Gasteiger partial charge in [-0.3, -0.25) is 4.98 Å². The molecule has 0 saturated carbocycles. The minimum Gasteiger partial charge on any atom is -0.313 e. The summed E-state index contributed by atoms with van der Waals surface area (Å²) in [6, 6.07) is 15.5. The zero-order chi connectivity index (χ0) is 14.5. The van der Waals surface area contributed by atoms with Crippen molar-refractivity contribution in [2.75, 3.05) is 7.05 Å². The molecule has 2 nitrogen and oxygen atoms in total. The monoisotopic (exact) mass is 296 g/mol. The number of hydrogen-bond acceptors (Lipinski definition) is 3. The number of benzene rings is 1. The van der Waals surface area contributed by atoms with Crippen LogP contribution in [0.2, 0.25) is 0 Å². The Balaban J connectivity index is 1.68. The van der Waals surface area contributed by atoms with Crippen molar-refractivity contribution in [2.24, 2.45) is 0 Å². The fourth-order valence-corrected chi connectivity index (χ4v) is 3.48. The van der Waals surface area contributed by atoms with Gasteiger partial charge in [0.1, 0.15) is 0 Å². The minimum absolute atomic E-state index is 0.412. The van der Waals surface area contributed by atoms with Crippen LogP contribution in [0.4, 0.5) is 0 Å². The molecule has 1 N–H and O–H groups in total. The van der Waals surface area contributed by atoms with Crippen molar-refractivity contribution in [3.63, 3.8) is 0 Å². The number of aromatic nitrogens is 1. The molecule has 1 atom stereocenters. The van der Waals surface area contributed by atoms with Gasteiger partial charge < -0.3 is 5.32 Å². The van der Waals surface area contributed by atoms with Crippen molar-refractivity contribution >= 4 is 22.2 Å². The van der Waals surface area contributed by atoms with Crippen molar-refractivity contribution < 1.29 is 0 Å². The normalized spacial score (nSPS) is 12.6. The first-order valence-corrected chi connectivity index (χ1v) is 8.29. The van der Waals surface area contributed by atoms with Crippen molar-refractivity contribution in [3.8, 4) is 0 Å². The predicted octanol–water partition coefficient (Wildman–Crippen LogP) is 4.58. The van der Waals surface area contributed by atoms with Crippen LogP contribution < -0.4 is 5.32 Å². The van der Waals surface area contributed by atoms with E-state index in [2.05, 4.69) is 52.1 Å². The van der Waals surface area contributed by atoms with E-state index in [1.807, 2.05) is 30.6 Å². The van der Waals surface area contributed by atoms with Gasteiger partial charge in [0.25, 0.3) is 0 Å². The van der Waals surface area contributed by atoms with Crippen molar-refractivity contribution in [1.29, 1.82) is 0 Å². The SMILES string of the molecule is CNC(CCCc1cccs1)c1ccc2ncccc2c1. The summed E-state index contributed by atoms with van der Waals surface area (Å²) >= 11 is 1.85. The van der Waals surface area contributed by atoms with Crippen LogP contribution >= 0.6 is 11.3 Å². The molecule has 3 aromatic rings. The third-order valence-corrected chi connectivity index (χ3v) is 4.81. The molecular weight excluding hydrogens is 276 g/mol. The number of rotatable bonds is 6. The summed E-state index contributed by atoms with van der Waals surface area (Å²) in [6.45, 7) is 0. The summed E-state index contributed by atoms with van der Waals surface area (Å²) in [4.78, 5) is 5.86. The molecule has 0 radical (unpaired) electrons. The van der Waals surface area contributed by atoms with E-state index in [4.69, 9.17) is 0 Å². The lowest BCUT2D eigenvalue weighted by Gasteiger charge is -2.17. The summed E-state index contributed by atoms with van der Waals surface area (Å²) in [6.07, 6.45) is 5.38. The third-order valence-electron chi connectivity index (χ3n) is 3.87. The van der Waals surface area contributed by atoms with Gasteiger partial charge in [-0.05, 0) is 61.5 Å². The molecule has 0 aliphatic heterocycles. The topological polar surface area (TPSA) is 24.9 Å². The Hall–Kier alpha value is -1.71. The van der Waals surface area contributed by atoms with Crippen LogP contribution in [0, 0.1) is 0 Å². The van der Waals surface area contributed by atoms with Crippen LogP contribution in [0.1, 0.15) is 29.3 Å². The molecule has 2 heterocycles. The van der Waals surface area contributed by atoms with Gasteiger partial charge in [0, 0.05) is 22.5 Å². The quantitative estimate of drug-likeness (QED) is 0.720. The highest BCUT2D eigenvalue weighted by atomic mass is 32.1. The number of hydrogen-bond donors (Lipinski definition) is 1. The van der Waals surface area contributed by atoms with Gasteiger partial charge >= 0.3 is 0 Å². The molecule has 0 bridgehead atoms. The molecule has 3 heteroatoms. The van der Waals surface area contributed by atoms with Crippen LogP contribution in [-0.2, 0) is 6.42 Å². The van der Waals surface area contributed by atoms with Crippen LogP contribution in [0.5, 0.6) is 0 Å². The van der Waals surface area contributed by atoms with Crippen LogP contribution in [0.15, 0.2) is 54.0 Å². The summed E-state index contributed by atoms with van der Waals surface area (Å²) in [5.74, 6) is 0. The second kappa shape index (κ2) is 6.83. The molecule has 0 aliphatic rings. The Bertz CT molecular complexity index is 691. The molecular formula is C18H20N2S. The summed E-state index contributed by atoms with van der Waals surface area (Å²) in [5.41, 5.74) is 2.42. The maximum absolute atomic E-state index is 4.38. The number of pyridine rings is 1. The Kier molecular flexibility index (Phi) is 4.63. The lowest BCUT2D eigenvalue weighted by molar-refractivity contribution is 0.528. The van der Waals surface area contributed by atoms with E-state index < -0.39 is 0 Å². The van der Waals surface area contributed by atoms with E-state index in [-0.39, 0.29) is 0 Å². The van der Waals surface area contributed by atoms with Gasteiger partial charge in [-0.15, -0.1) is 11.3 Å².